The van der Waals surface area contributed by atoms with Crippen LogP contribution in [-0.2, 0) is 29.6 Å². The van der Waals surface area contributed by atoms with E-state index in [-0.39, 0.29) is 55.7 Å². The lowest BCUT2D eigenvalue weighted by Crippen LogP contribution is -2.32. The van der Waals surface area contributed by atoms with E-state index in [2.05, 4.69) is 35.0 Å². The summed E-state index contributed by atoms with van der Waals surface area (Å²) in [5, 5.41) is 24.1. The molecular weight excluding hydrogens is 681 g/mol. The van der Waals surface area contributed by atoms with Crippen molar-refractivity contribution in [1.29, 1.82) is 0 Å². The summed E-state index contributed by atoms with van der Waals surface area (Å²) in [4.78, 5) is 35.4. The number of H-pyrrole nitrogens is 1. The number of fused-ring (bicyclic) bond motifs is 3. The fourth-order valence-corrected chi connectivity index (χ4v) is 7.70. The Kier molecular flexibility index (Phi) is 8.35. The number of ether oxygens (including phenoxy) is 4. The minimum atomic E-state index is -4.27. The first-order valence-corrected chi connectivity index (χ1v) is 17.0. The Morgan fingerprint density at radius 2 is 1.80 bits per heavy atom. The minimum Gasteiger partial charge on any atom is -0.454 e. The fourth-order valence-electron chi connectivity index (χ4n) is 6.19. The number of aromatic nitrogens is 8. The molecule has 0 amide bonds. The number of para-hydroxylation sites is 1. The second-order valence-electron chi connectivity index (χ2n) is 11.8. The van der Waals surface area contributed by atoms with E-state index in [1.807, 2.05) is 0 Å². The van der Waals surface area contributed by atoms with Gasteiger partial charge >= 0.3 is 7.75 Å². The van der Waals surface area contributed by atoms with E-state index in [0.717, 1.165) is 0 Å². The molecule has 0 saturated carbocycles. The number of nitrogen functional groups attached to an aromatic ring is 2. The van der Waals surface area contributed by atoms with Gasteiger partial charge in [0.1, 0.15) is 42.6 Å². The van der Waals surface area contributed by atoms with Crippen LogP contribution >= 0.6 is 7.75 Å². The smallest absolute Gasteiger partial charge is 0.406 e. The molecule has 7 heterocycles. The number of imidazole rings is 2. The molecule has 4 aromatic heterocycles. The van der Waals surface area contributed by atoms with Crippen molar-refractivity contribution in [2.24, 2.45) is 0 Å². The van der Waals surface area contributed by atoms with E-state index in [1.165, 1.54) is 23.5 Å². The van der Waals surface area contributed by atoms with Gasteiger partial charge in [0.2, 0.25) is 12.7 Å². The molecule has 5 aromatic rings. The van der Waals surface area contributed by atoms with Crippen LogP contribution in [0.1, 0.15) is 30.9 Å². The maximum atomic E-state index is 14.5. The van der Waals surface area contributed by atoms with Crippen molar-refractivity contribution in [3.05, 3.63) is 53.1 Å². The van der Waals surface area contributed by atoms with Crippen molar-refractivity contribution >= 4 is 41.8 Å². The predicted molar refractivity (Wildman–Crippen MR) is 170 cm³/mol. The number of nitrogens with one attached hydrogen (secondary N) is 2. The molecule has 0 radical (unpaired) electrons. The van der Waals surface area contributed by atoms with Gasteiger partial charge in [-0.05, 0) is 6.07 Å². The predicted octanol–water partition coefficient (Wildman–Crippen LogP) is 0.0805. The zero-order valence-corrected chi connectivity index (χ0v) is 27.0. The van der Waals surface area contributed by atoms with Crippen LogP contribution < -0.4 is 31.6 Å². The Balaban J connectivity index is 1.02. The molecule has 2 fully saturated rings. The van der Waals surface area contributed by atoms with Gasteiger partial charge in [-0.3, -0.25) is 28.0 Å². The summed E-state index contributed by atoms with van der Waals surface area (Å²) in [5.74, 6) is 1.10. The Labute approximate surface area is 281 Å². The van der Waals surface area contributed by atoms with Crippen LogP contribution in [0.2, 0.25) is 0 Å². The first-order chi connectivity index (χ1) is 24.2. The molecule has 8 N–H and O–H groups in total. The summed E-state index contributed by atoms with van der Waals surface area (Å²) in [6.07, 6.45) is -1.04. The van der Waals surface area contributed by atoms with Crippen LogP contribution in [0, 0.1) is 0 Å². The van der Waals surface area contributed by atoms with Gasteiger partial charge < -0.3 is 40.6 Å². The number of aromatic amines is 1. The molecule has 3 aliphatic rings. The summed E-state index contributed by atoms with van der Waals surface area (Å²) >= 11 is 0. The summed E-state index contributed by atoms with van der Waals surface area (Å²) in [6.45, 7) is -0.822. The lowest BCUT2D eigenvalue weighted by molar-refractivity contribution is -0.0509. The van der Waals surface area contributed by atoms with E-state index in [4.69, 9.17) is 39.5 Å². The standard InChI is InChI=1S/C28H32N11O10P/c29-24-21-25(32-9-31-24)38(10-33-21)20-5-16(17(7-40)47-20)49-50(43,35-6-13-2-1-3-15-23(13)45-12-44-15)46-8-18-14(41)4-19(48-18)39-11-34-22-26(39)36-28(30)37-27(22)42/h1-3,9-11,14,16-20,40-41H,4-8,12H2,(H,35,43)(H2,29,31,32)(H3,30,36,37,42)/t14-,16-,17+,18+,19+,20+,50?/m0/s1. The number of aliphatic hydroxyl groups is 2. The molecule has 0 bridgehead atoms. The molecule has 1 unspecified atom stereocenters. The van der Waals surface area contributed by atoms with Crippen molar-refractivity contribution in [2.45, 2.75) is 56.3 Å². The lowest BCUT2D eigenvalue weighted by Gasteiger charge is -2.26. The van der Waals surface area contributed by atoms with Crippen molar-refractivity contribution in [3.63, 3.8) is 0 Å². The molecular formula is C28H32N11O10P. The summed E-state index contributed by atoms with van der Waals surface area (Å²) in [5.41, 5.74) is 12.8. The minimum absolute atomic E-state index is 0.0215. The molecule has 2 saturated heterocycles. The summed E-state index contributed by atoms with van der Waals surface area (Å²) in [7, 11) is -4.27. The Morgan fingerprint density at radius 1 is 1.02 bits per heavy atom. The third kappa shape index (κ3) is 5.92. The van der Waals surface area contributed by atoms with Gasteiger partial charge in [-0.15, -0.1) is 0 Å². The Bertz CT molecular complexity index is 2160. The van der Waals surface area contributed by atoms with E-state index < -0.39 is 56.8 Å². The van der Waals surface area contributed by atoms with Gasteiger partial charge in [0.15, 0.2) is 34.1 Å². The molecule has 264 valence electrons. The lowest BCUT2D eigenvalue weighted by atomic mass is 10.2. The molecule has 3 aliphatic heterocycles. The molecule has 0 spiro atoms. The second-order valence-corrected chi connectivity index (χ2v) is 13.5. The van der Waals surface area contributed by atoms with Crippen LogP contribution in [0.5, 0.6) is 11.5 Å². The maximum absolute atomic E-state index is 14.5. The van der Waals surface area contributed by atoms with Crippen LogP contribution in [0.4, 0.5) is 11.8 Å². The highest BCUT2D eigenvalue weighted by molar-refractivity contribution is 7.51. The molecule has 7 atom stereocenters. The average Bonchev–Trinajstić information content (AvgIpc) is 3.93. The molecule has 0 aliphatic carbocycles. The van der Waals surface area contributed by atoms with Crippen LogP contribution in [0.15, 0.2) is 42.0 Å². The SMILES string of the molecule is Nc1nc2c(ncn2[C@H]2C[C@H](O)[C@@H](COP(=O)(NCc3cccc4c3OCO4)O[C@H]3C[C@H](n4cnc5c(N)ncnc54)O[C@@H]3CO)O2)c(=O)[nH]1. The number of nitrogens with zero attached hydrogens (tertiary/aromatic N) is 7. The maximum Gasteiger partial charge on any atom is 0.406 e. The molecule has 22 heteroatoms. The molecule has 8 rings (SSSR count). The number of rotatable bonds is 11. The highest BCUT2D eigenvalue weighted by atomic mass is 31.2. The van der Waals surface area contributed by atoms with E-state index in [9.17, 15) is 19.6 Å². The van der Waals surface area contributed by atoms with Gasteiger partial charge in [0, 0.05) is 24.9 Å². The Morgan fingerprint density at radius 3 is 2.64 bits per heavy atom. The van der Waals surface area contributed by atoms with Gasteiger partial charge in [0.05, 0.1) is 32.0 Å². The number of hydrogen-bond acceptors (Lipinski definition) is 17. The highest BCUT2D eigenvalue weighted by Gasteiger charge is 2.44. The molecule has 1 aromatic carbocycles. The zero-order valence-electron chi connectivity index (χ0n) is 26.1. The zero-order chi connectivity index (χ0) is 34.6. The number of benzene rings is 1. The van der Waals surface area contributed by atoms with Crippen LogP contribution in [0.3, 0.4) is 0 Å². The van der Waals surface area contributed by atoms with E-state index in [0.29, 0.717) is 28.2 Å². The fraction of sp³-hybridized carbons (Fsp3) is 0.429. The average molecular weight is 714 g/mol. The first-order valence-electron chi connectivity index (χ1n) is 15.5. The first kappa shape index (κ1) is 32.5. The van der Waals surface area contributed by atoms with E-state index in [1.54, 1.807) is 22.8 Å². The quantitative estimate of drug-likeness (QED) is 0.0988. The van der Waals surface area contributed by atoms with Crippen molar-refractivity contribution in [2.75, 3.05) is 31.5 Å². The molecule has 21 nitrogen and oxygen atoms in total. The summed E-state index contributed by atoms with van der Waals surface area (Å²) in [6, 6.07) is 5.28. The Hall–Kier alpha value is -4.73. The van der Waals surface area contributed by atoms with Crippen LogP contribution in [0.25, 0.3) is 22.3 Å². The van der Waals surface area contributed by atoms with Crippen molar-refractivity contribution in [1.82, 2.24) is 44.1 Å². The van der Waals surface area contributed by atoms with Crippen molar-refractivity contribution in [3.8, 4) is 11.5 Å². The van der Waals surface area contributed by atoms with Crippen molar-refractivity contribution < 1.29 is 42.8 Å². The number of anilines is 2. The molecule has 50 heavy (non-hydrogen) atoms. The normalized spacial score (nSPS) is 25.9. The summed E-state index contributed by atoms with van der Waals surface area (Å²) < 4.78 is 53.0. The van der Waals surface area contributed by atoms with Gasteiger partial charge in [-0.1, -0.05) is 12.1 Å². The number of nitrogens with two attached hydrogens (primary N) is 2. The van der Waals surface area contributed by atoms with Gasteiger partial charge in [-0.25, -0.2) is 29.6 Å². The van der Waals surface area contributed by atoms with E-state index >= 15 is 0 Å². The highest BCUT2D eigenvalue weighted by Crippen LogP contribution is 2.50. The van der Waals surface area contributed by atoms with Gasteiger partial charge in [-0.2, -0.15) is 4.98 Å². The largest absolute Gasteiger partial charge is 0.454 e. The van der Waals surface area contributed by atoms with Crippen LogP contribution in [-0.4, -0.2) is 93.7 Å². The topological polar surface area (TPSA) is 284 Å². The monoisotopic (exact) mass is 713 g/mol. The van der Waals surface area contributed by atoms with Gasteiger partial charge in [0.25, 0.3) is 5.56 Å². The second kappa shape index (κ2) is 12.9. The third-order valence-corrected chi connectivity index (χ3v) is 10.2. The number of aliphatic hydroxyl groups excluding tert-OH is 2. The third-order valence-electron chi connectivity index (χ3n) is 8.65. The number of hydrogen-bond donors (Lipinski definition) is 6.